The first-order valence-electron chi connectivity index (χ1n) is 4.15. The average Bonchev–Trinajstić information content (AvgIpc) is 2.18. The van der Waals surface area contributed by atoms with E-state index in [9.17, 15) is 4.79 Å². The number of aromatic nitrogens is 1. The van der Waals surface area contributed by atoms with Crippen molar-refractivity contribution in [2.45, 2.75) is 6.61 Å². The standard InChI is InChI=1S/C10H11NO3/c12-10(13)4-2-6-14-8-9-3-1-5-11-7-9/h1-5,7H,6,8H2,(H,12,13)/b4-2+. The summed E-state index contributed by atoms with van der Waals surface area (Å²) in [5, 5.41) is 8.28. The van der Waals surface area contributed by atoms with E-state index < -0.39 is 5.97 Å². The Balaban J connectivity index is 2.19. The third-order valence-corrected chi connectivity index (χ3v) is 1.47. The number of pyridine rings is 1. The molecule has 14 heavy (non-hydrogen) atoms. The number of hydrogen-bond acceptors (Lipinski definition) is 3. The average molecular weight is 193 g/mol. The maximum absolute atomic E-state index is 10.1. The van der Waals surface area contributed by atoms with Gasteiger partial charge in [-0.1, -0.05) is 12.1 Å². The summed E-state index contributed by atoms with van der Waals surface area (Å²) >= 11 is 0. The fourth-order valence-electron chi connectivity index (χ4n) is 0.877. The Hall–Kier alpha value is -1.68. The van der Waals surface area contributed by atoms with Crippen LogP contribution in [-0.4, -0.2) is 22.7 Å². The lowest BCUT2D eigenvalue weighted by Gasteiger charge is -1.99. The lowest BCUT2D eigenvalue weighted by molar-refractivity contribution is -0.131. The molecular formula is C10H11NO3. The van der Waals surface area contributed by atoms with Gasteiger partial charge in [-0.15, -0.1) is 0 Å². The van der Waals surface area contributed by atoms with Crippen LogP contribution >= 0.6 is 0 Å². The molecule has 1 aromatic heterocycles. The summed E-state index contributed by atoms with van der Waals surface area (Å²) in [5.41, 5.74) is 0.969. The number of hydrogen-bond donors (Lipinski definition) is 1. The molecule has 1 aromatic rings. The highest BCUT2D eigenvalue weighted by Crippen LogP contribution is 1.97. The van der Waals surface area contributed by atoms with Gasteiger partial charge in [-0.05, 0) is 11.6 Å². The number of aliphatic carboxylic acids is 1. The number of nitrogens with zero attached hydrogens (tertiary/aromatic N) is 1. The number of carboxylic acids is 1. The van der Waals surface area contributed by atoms with E-state index in [1.165, 1.54) is 6.08 Å². The normalized spacial score (nSPS) is 10.6. The molecule has 0 unspecified atom stereocenters. The topological polar surface area (TPSA) is 59.4 Å². The molecule has 0 amide bonds. The molecule has 0 aliphatic carbocycles. The summed E-state index contributed by atoms with van der Waals surface area (Å²) in [4.78, 5) is 14.0. The van der Waals surface area contributed by atoms with Gasteiger partial charge < -0.3 is 9.84 Å². The Morgan fingerprint density at radius 3 is 3.14 bits per heavy atom. The lowest BCUT2D eigenvalue weighted by atomic mass is 10.3. The van der Waals surface area contributed by atoms with Crippen LogP contribution in [0.4, 0.5) is 0 Å². The van der Waals surface area contributed by atoms with Crippen LogP contribution in [0.5, 0.6) is 0 Å². The predicted molar refractivity (Wildman–Crippen MR) is 50.7 cm³/mol. The summed E-state index contributed by atoms with van der Waals surface area (Å²) < 4.78 is 5.18. The molecule has 0 saturated heterocycles. The second-order valence-electron chi connectivity index (χ2n) is 2.62. The van der Waals surface area contributed by atoms with Crippen molar-refractivity contribution in [3.8, 4) is 0 Å². The van der Waals surface area contributed by atoms with Gasteiger partial charge in [0.15, 0.2) is 0 Å². The van der Waals surface area contributed by atoms with Crippen molar-refractivity contribution in [1.82, 2.24) is 4.98 Å². The van der Waals surface area contributed by atoms with E-state index in [1.54, 1.807) is 12.4 Å². The molecule has 0 spiro atoms. The van der Waals surface area contributed by atoms with Gasteiger partial charge in [0.25, 0.3) is 0 Å². The van der Waals surface area contributed by atoms with Gasteiger partial charge in [0.05, 0.1) is 13.2 Å². The van der Waals surface area contributed by atoms with Crippen molar-refractivity contribution in [2.75, 3.05) is 6.61 Å². The second-order valence-corrected chi connectivity index (χ2v) is 2.62. The molecule has 0 fully saturated rings. The van der Waals surface area contributed by atoms with Crippen LogP contribution in [0.25, 0.3) is 0 Å². The van der Waals surface area contributed by atoms with Crippen molar-refractivity contribution in [3.63, 3.8) is 0 Å². The number of ether oxygens (including phenoxy) is 1. The minimum Gasteiger partial charge on any atom is -0.478 e. The third-order valence-electron chi connectivity index (χ3n) is 1.47. The Labute approximate surface area is 81.9 Å². The molecule has 1 N–H and O–H groups in total. The highest BCUT2D eigenvalue weighted by atomic mass is 16.5. The molecule has 0 aliphatic rings. The zero-order valence-corrected chi connectivity index (χ0v) is 7.59. The Morgan fingerprint density at radius 1 is 1.64 bits per heavy atom. The molecular weight excluding hydrogens is 182 g/mol. The van der Waals surface area contributed by atoms with Gasteiger partial charge in [-0.2, -0.15) is 0 Å². The first kappa shape index (κ1) is 10.4. The first-order chi connectivity index (χ1) is 6.79. The van der Waals surface area contributed by atoms with E-state index in [4.69, 9.17) is 9.84 Å². The van der Waals surface area contributed by atoms with E-state index >= 15 is 0 Å². The Bertz CT molecular complexity index is 308. The highest BCUT2D eigenvalue weighted by Gasteiger charge is 1.90. The minimum atomic E-state index is -0.963. The molecule has 74 valence electrons. The summed E-state index contributed by atoms with van der Waals surface area (Å²) in [6, 6.07) is 3.72. The van der Waals surface area contributed by atoms with E-state index in [-0.39, 0.29) is 0 Å². The Morgan fingerprint density at radius 2 is 2.50 bits per heavy atom. The largest absolute Gasteiger partial charge is 0.478 e. The van der Waals surface area contributed by atoms with Gasteiger partial charge in [-0.25, -0.2) is 4.79 Å². The smallest absolute Gasteiger partial charge is 0.328 e. The SMILES string of the molecule is O=C(O)/C=C/COCc1cccnc1. The number of carbonyl (C=O) groups is 1. The minimum absolute atomic E-state index is 0.293. The van der Waals surface area contributed by atoms with Gasteiger partial charge in [0.1, 0.15) is 0 Å². The van der Waals surface area contributed by atoms with E-state index in [0.29, 0.717) is 13.2 Å². The zero-order chi connectivity index (χ0) is 10.2. The first-order valence-corrected chi connectivity index (χ1v) is 4.15. The van der Waals surface area contributed by atoms with Gasteiger partial charge in [-0.3, -0.25) is 4.98 Å². The maximum Gasteiger partial charge on any atom is 0.328 e. The van der Waals surface area contributed by atoms with Crippen LogP contribution in [0.2, 0.25) is 0 Å². The monoisotopic (exact) mass is 193 g/mol. The maximum atomic E-state index is 10.1. The molecule has 0 aliphatic heterocycles. The zero-order valence-electron chi connectivity index (χ0n) is 7.59. The van der Waals surface area contributed by atoms with Gasteiger partial charge in [0.2, 0.25) is 0 Å². The fourth-order valence-corrected chi connectivity index (χ4v) is 0.877. The van der Waals surface area contributed by atoms with Crippen molar-refractivity contribution in [3.05, 3.63) is 42.2 Å². The van der Waals surface area contributed by atoms with Crippen molar-refractivity contribution in [2.24, 2.45) is 0 Å². The van der Waals surface area contributed by atoms with Crippen LogP contribution in [0.3, 0.4) is 0 Å². The van der Waals surface area contributed by atoms with Crippen molar-refractivity contribution < 1.29 is 14.6 Å². The fraction of sp³-hybridized carbons (Fsp3) is 0.200. The molecule has 1 heterocycles. The van der Waals surface area contributed by atoms with Gasteiger partial charge >= 0.3 is 5.97 Å². The van der Waals surface area contributed by atoms with Crippen LogP contribution < -0.4 is 0 Å². The van der Waals surface area contributed by atoms with Crippen LogP contribution in [0.15, 0.2) is 36.7 Å². The van der Waals surface area contributed by atoms with E-state index in [1.807, 2.05) is 12.1 Å². The summed E-state index contributed by atoms with van der Waals surface area (Å²) in [6.07, 6.45) is 5.91. The van der Waals surface area contributed by atoms with Crippen LogP contribution in [0.1, 0.15) is 5.56 Å². The Kier molecular flexibility index (Phi) is 4.37. The molecule has 0 bridgehead atoms. The van der Waals surface area contributed by atoms with E-state index in [0.717, 1.165) is 11.6 Å². The van der Waals surface area contributed by atoms with Gasteiger partial charge in [0, 0.05) is 18.5 Å². The molecule has 0 atom stereocenters. The molecule has 4 nitrogen and oxygen atoms in total. The predicted octanol–water partition coefficient (Wildman–Crippen LogP) is 1.24. The van der Waals surface area contributed by atoms with Crippen molar-refractivity contribution >= 4 is 5.97 Å². The quantitative estimate of drug-likeness (QED) is 0.564. The third kappa shape index (κ3) is 4.37. The second kappa shape index (κ2) is 5.88. The summed E-state index contributed by atoms with van der Waals surface area (Å²) in [5.74, 6) is -0.963. The van der Waals surface area contributed by atoms with Crippen molar-refractivity contribution in [1.29, 1.82) is 0 Å². The summed E-state index contributed by atoms with van der Waals surface area (Å²) in [7, 11) is 0. The number of rotatable bonds is 5. The molecule has 4 heteroatoms. The summed E-state index contributed by atoms with van der Waals surface area (Å²) in [6.45, 7) is 0.735. The molecule has 0 saturated carbocycles. The van der Waals surface area contributed by atoms with Crippen LogP contribution in [-0.2, 0) is 16.1 Å². The number of carboxylic acid groups (broad SMARTS) is 1. The van der Waals surface area contributed by atoms with Crippen LogP contribution in [0, 0.1) is 0 Å². The molecule has 1 rings (SSSR count). The molecule has 0 aromatic carbocycles. The lowest BCUT2D eigenvalue weighted by Crippen LogP contribution is -1.94. The molecule has 0 radical (unpaired) electrons. The van der Waals surface area contributed by atoms with E-state index in [2.05, 4.69) is 4.98 Å². The highest BCUT2D eigenvalue weighted by molar-refractivity contribution is 5.79.